The molecule has 0 aromatic heterocycles. The fourth-order valence-electron chi connectivity index (χ4n) is 4.28. The van der Waals surface area contributed by atoms with E-state index in [4.69, 9.17) is 0 Å². The lowest BCUT2D eigenvalue weighted by Crippen LogP contribution is -2.47. The fourth-order valence-corrected chi connectivity index (χ4v) is 4.28. The third-order valence-electron chi connectivity index (χ3n) is 6.02. The van der Waals surface area contributed by atoms with Crippen LogP contribution in [0.3, 0.4) is 0 Å². The van der Waals surface area contributed by atoms with Gasteiger partial charge in [0, 0.05) is 24.8 Å². The van der Waals surface area contributed by atoms with Gasteiger partial charge in [-0.2, -0.15) is 13.2 Å². The molecule has 1 saturated carbocycles. The van der Waals surface area contributed by atoms with E-state index in [1.807, 2.05) is 0 Å². The Labute approximate surface area is 169 Å². The topological polar surface area (TPSA) is 35.6 Å². The van der Waals surface area contributed by atoms with Crippen LogP contribution in [0, 0.1) is 11.7 Å². The number of likely N-dealkylation sites (tertiary alicyclic amines) is 1. The van der Waals surface area contributed by atoms with E-state index in [-0.39, 0.29) is 11.7 Å². The van der Waals surface area contributed by atoms with Crippen LogP contribution in [0.2, 0.25) is 0 Å². The summed E-state index contributed by atoms with van der Waals surface area (Å²) in [5, 5.41) is 2.51. The number of amides is 2. The highest BCUT2D eigenvalue weighted by Gasteiger charge is 2.32. The van der Waals surface area contributed by atoms with E-state index < -0.39 is 23.6 Å². The molecule has 1 N–H and O–H groups in total. The van der Waals surface area contributed by atoms with Crippen LogP contribution in [0.1, 0.15) is 51.0 Å². The van der Waals surface area contributed by atoms with Gasteiger partial charge < -0.3 is 15.1 Å². The van der Waals surface area contributed by atoms with Crippen molar-refractivity contribution < 1.29 is 22.4 Å². The maximum absolute atomic E-state index is 13.7. The highest BCUT2D eigenvalue weighted by atomic mass is 19.4. The molecule has 3 rings (SSSR count). The van der Waals surface area contributed by atoms with Crippen molar-refractivity contribution in [3.05, 3.63) is 29.6 Å². The number of anilines is 1. The molecule has 0 atom stereocenters. The van der Waals surface area contributed by atoms with Crippen molar-refractivity contribution in [1.29, 1.82) is 0 Å². The number of alkyl halides is 3. The molecule has 4 nitrogen and oxygen atoms in total. The zero-order valence-electron chi connectivity index (χ0n) is 16.8. The maximum atomic E-state index is 13.7. The largest absolute Gasteiger partial charge is 0.416 e. The second kappa shape index (κ2) is 9.32. The van der Waals surface area contributed by atoms with Gasteiger partial charge in [0.15, 0.2) is 0 Å². The number of carbonyl (C=O) groups excluding carboxylic acids is 1. The highest BCUT2D eigenvalue weighted by molar-refractivity contribution is 5.89. The third-order valence-corrected chi connectivity index (χ3v) is 6.02. The number of hydrogen-bond acceptors (Lipinski definition) is 2. The summed E-state index contributed by atoms with van der Waals surface area (Å²) in [7, 11) is 0. The number of benzene rings is 1. The van der Waals surface area contributed by atoms with E-state index in [9.17, 15) is 22.4 Å². The van der Waals surface area contributed by atoms with E-state index in [0.717, 1.165) is 70.3 Å². The molecule has 29 heavy (non-hydrogen) atoms. The molecule has 1 aliphatic carbocycles. The van der Waals surface area contributed by atoms with Crippen LogP contribution >= 0.6 is 0 Å². The second-order valence-electron chi connectivity index (χ2n) is 8.31. The van der Waals surface area contributed by atoms with Crippen LogP contribution in [0.15, 0.2) is 18.2 Å². The molecule has 0 radical (unpaired) electrons. The Morgan fingerprint density at radius 3 is 2.41 bits per heavy atom. The van der Waals surface area contributed by atoms with Crippen molar-refractivity contribution >= 4 is 11.7 Å². The standard InChI is InChI=1S/C21H29F4N3O/c1-15-4-6-19(7-5-15)28(11-10-27-8-2-3-9-27)20(29)26-18-13-16(21(23,24)25)12-17(22)14-18/h12-15,19H,2-11H2,1H3,(H,26,29). The van der Waals surface area contributed by atoms with Gasteiger partial charge in [-0.15, -0.1) is 0 Å². The van der Waals surface area contributed by atoms with Crippen molar-refractivity contribution in [2.75, 3.05) is 31.5 Å². The predicted molar refractivity (Wildman–Crippen MR) is 104 cm³/mol. The summed E-state index contributed by atoms with van der Waals surface area (Å²) in [5.74, 6) is -0.405. The SMILES string of the molecule is CC1CCC(N(CCN2CCCC2)C(=O)Nc2cc(F)cc(C(F)(F)F)c2)CC1. The lowest BCUT2D eigenvalue weighted by atomic mass is 9.86. The van der Waals surface area contributed by atoms with Crippen LogP contribution in [-0.4, -0.2) is 48.1 Å². The molecule has 0 unspecified atom stereocenters. The summed E-state index contributed by atoms with van der Waals surface area (Å²) in [6.07, 6.45) is 1.44. The molecule has 2 fully saturated rings. The number of carbonyl (C=O) groups is 1. The monoisotopic (exact) mass is 415 g/mol. The Balaban J connectivity index is 1.72. The lowest BCUT2D eigenvalue weighted by molar-refractivity contribution is -0.137. The molecule has 1 saturated heterocycles. The molecule has 2 amide bonds. The maximum Gasteiger partial charge on any atom is 0.416 e. The van der Waals surface area contributed by atoms with E-state index >= 15 is 0 Å². The van der Waals surface area contributed by atoms with Crippen molar-refractivity contribution in [2.24, 2.45) is 5.92 Å². The van der Waals surface area contributed by atoms with Gasteiger partial charge in [-0.25, -0.2) is 9.18 Å². The van der Waals surface area contributed by atoms with Crippen molar-refractivity contribution in [3.8, 4) is 0 Å². The fraction of sp³-hybridized carbons (Fsp3) is 0.667. The first kappa shape index (κ1) is 21.9. The average molecular weight is 415 g/mol. The van der Waals surface area contributed by atoms with E-state index in [0.29, 0.717) is 18.5 Å². The molecule has 1 heterocycles. The van der Waals surface area contributed by atoms with Crippen molar-refractivity contribution in [1.82, 2.24) is 9.80 Å². The molecule has 1 aromatic rings. The summed E-state index contributed by atoms with van der Waals surface area (Å²) in [6, 6.07) is 1.74. The zero-order chi connectivity index (χ0) is 21.0. The second-order valence-corrected chi connectivity index (χ2v) is 8.31. The van der Waals surface area contributed by atoms with Crippen LogP contribution in [0.25, 0.3) is 0 Å². The van der Waals surface area contributed by atoms with Gasteiger partial charge in [0.1, 0.15) is 5.82 Å². The normalized spacial score (nSPS) is 23.2. The van der Waals surface area contributed by atoms with Gasteiger partial charge >= 0.3 is 12.2 Å². The Bertz CT molecular complexity index is 696. The van der Waals surface area contributed by atoms with E-state index in [1.165, 1.54) is 0 Å². The first-order valence-electron chi connectivity index (χ1n) is 10.4. The third kappa shape index (κ3) is 6.07. The average Bonchev–Trinajstić information content (AvgIpc) is 3.15. The van der Waals surface area contributed by atoms with Crippen LogP contribution in [-0.2, 0) is 6.18 Å². The van der Waals surface area contributed by atoms with Crippen molar-refractivity contribution in [2.45, 2.75) is 57.7 Å². The summed E-state index contributed by atoms with van der Waals surface area (Å²) in [6.45, 7) is 5.48. The smallest absolute Gasteiger partial charge is 0.320 e. The molecule has 0 spiro atoms. The summed E-state index contributed by atoms with van der Waals surface area (Å²) >= 11 is 0. The first-order valence-corrected chi connectivity index (χ1v) is 10.4. The molecular weight excluding hydrogens is 386 g/mol. The van der Waals surface area contributed by atoms with Gasteiger partial charge in [-0.05, 0) is 75.7 Å². The summed E-state index contributed by atoms with van der Waals surface area (Å²) < 4.78 is 52.6. The first-order chi connectivity index (χ1) is 13.7. The predicted octanol–water partition coefficient (Wildman–Crippen LogP) is 5.35. The Morgan fingerprint density at radius 2 is 1.79 bits per heavy atom. The number of hydrogen-bond donors (Lipinski definition) is 1. The Kier molecular flexibility index (Phi) is 7.03. The summed E-state index contributed by atoms with van der Waals surface area (Å²) in [5.41, 5.74) is -1.28. The van der Waals surface area contributed by atoms with Crippen LogP contribution < -0.4 is 5.32 Å². The van der Waals surface area contributed by atoms with Crippen LogP contribution in [0.4, 0.5) is 28.0 Å². The number of nitrogens with zero attached hydrogens (tertiary/aromatic N) is 2. The molecule has 1 aromatic carbocycles. The quantitative estimate of drug-likeness (QED) is 0.658. The minimum absolute atomic E-state index is 0.0597. The van der Waals surface area contributed by atoms with Gasteiger partial charge in [0.2, 0.25) is 0 Å². The van der Waals surface area contributed by atoms with E-state index in [2.05, 4.69) is 17.1 Å². The lowest BCUT2D eigenvalue weighted by Gasteiger charge is -2.37. The van der Waals surface area contributed by atoms with Gasteiger partial charge in [-0.1, -0.05) is 6.92 Å². The van der Waals surface area contributed by atoms with Gasteiger partial charge in [0.05, 0.1) is 5.56 Å². The Hall–Kier alpha value is -1.83. The van der Waals surface area contributed by atoms with E-state index in [1.54, 1.807) is 4.90 Å². The van der Waals surface area contributed by atoms with Gasteiger partial charge in [-0.3, -0.25) is 0 Å². The summed E-state index contributed by atoms with van der Waals surface area (Å²) in [4.78, 5) is 17.0. The van der Waals surface area contributed by atoms with Gasteiger partial charge in [0.25, 0.3) is 0 Å². The zero-order valence-corrected chi connectivity index (χ0v) is 16.8. The Morgan fingerprint density at radius 1 is 1.14 bits per heavy atom. The minimum atomic E-state index is -4.67. The van der Waals surface area contributed by atoms with Crippen molar-refractivity contribution in [3.63, 3.8) is 0 Å². The number of halogens is 4. The molecule has 162 valence electrons. The minimum Gasteiger partial charge on any atom is -0.320 e. The highest BCUT2D eigenvalue weighted by Crippen LogP contribution is 2.32. The molecule has 2 aliphatic rings. The van der Waals surface area contributed by atoms with Crippen LogP contribution in [0.5, 0.6) is 0 Å². The molecule has 8 heteroatoms. The number of rotatable bonds is 5. The molecule has 1 aliphatic heterocycles. The molecule has 0 bridgehead atoms. The number of urea groups is 1. The molecular formula is C21H29F4N3O. The number of nitrogens with one attached hydrogen (secondary N) is 1.